The molecule has 0 aliphatic rings. The van der Waals surface area contributed by atoms with Crippen LogP contribution < -0.4 is 0 Å². The van der Waals surface area contributed by atoms with Crippen LogP contribution >= 0.6 is 0 Å². The molecule has 5 nitrogen and oxygen atoms in total. The van der Waals surface area contributed by atoms with E-state index in [1.54, 1.807) is 7.11 Å². The van der Waals surface area contributed by atoms with Gasteiger partial charge < -0.3 is 9.30 Å². The van der Waals surface area contributed by atoms with Gasteiger partial charge >= 0.3 is 0 Å². The maximum absolute atomic E-state index is 11.6. The van der Waals surface area contributed by atoms with Crippen molar-refractivity contribution in [3.8, 4) is 0 Å². The van der Waals surface area contributed by atoms with Crippen molar-refractivity contribution < 1.29 is 13.2 Å². The van der Waals surface area contributed by atoms with Gasteiger partial charge in [0.05, 0.1) is 12.8 Å². The van der Waals surface area contributed by atoms with Crippen LogP contribution in [0.4, 0.5) is 0 Å². The molecule has 6 heteroatoms. The fourth-order valence-corrected chi connectivity index (χ4v) is 2.42. The molecule has 1 rings (SSSR count). The van der Waals surface area contributed by atoms with Gasteiger partial charge in [-0.3, -0.25) is 0 Å². The van der Waals surface area contributed by atoms with E-state index in [9.17, 15) is 8.42 Å². The molecule has 0 saturated heterocycles. The van der Waals surface area contributed by atoms with Crippen molar-refractivity contribution in [2.45, 2.75) is 13.0 Å². The summed E-state index contributed by atoms with van der Waals surface area (Å²) in [6, 6.07) is 3.83. The second kappa shape index (κ2) is 6.18. The standard InChI is InChI=1S/C11H20N2O3S/c1-12-7-4-6-11(12)10-13(17(3,14)15)8-5-9-16-2/h4,6-7H,5,8-10H2,1-3H3. The van der Waals surface area contributed by atoms with Crippen molar-refractivity contribution in [1.29, 1.82) is 0 Å². The van der Waals surface area contributed by atoms with Crippen molar-refractivity contribution in [3.05, 3.63) is 24.0 Å². The molecule has 0 amide bonds. The molecule has 17 heavy (non-hydrogen) atoms. The topological polar surface area (TPSA) is 51.5 Å². The van der Waals surface area contributed by atoms with Crippen LogP contribution in [0.2, 0.25) is 0 Å². The number of aryl methyl sites for hydroxylation is 1. The van der Waals surface area contributed by atoms with Gasteiger partial charge in [-0.15, -0.1) is 0 Å². The normalized spacial score (nSPS) is 12.2. The van der Waals surface area contributed by atoms with Crippen LogP contribution in [0, 0.1) is 0 Å². The highest BCUT2D eigenvalue weighted by Gasteiger charge is 2.17. The summed E-state index contributed by atoms with van der Waals surface area (Å²) in [5.74, 6) is 0. The summed E-state index contributed by atoms with van der Waals surface area (Å²) in [4.78, 5) is 0. The van der Waals surface area contributed by atoms with Gasteiger partial charge in [-0.1, -0.05) is 0 Å². The van der Waals surface area contributed by atoms with E-state index in [4.69, 9.17) is 4.74 Å². The van der Waals surface area contributed by atoms with Gasteiger partial charge in [0.1, 0.15) is 0 Å². The molecule has 0 aromatic carbocycles. The maximum Gasteiger partial charge on any atom is 0.211 e. The third-order valence-corrected chi connectivity index (χ3v) is 3.86. The Bertz CT molecular complexity index is 439. The monoisotopic (exact) mass is 260 g/mol. The SMILES string of the molecule is COCCCN(Cc1cccn1C)S(C)(=O)=O. The number of rotatable bonds is 7. The van der Waals surface area contributed by atoms with E-state index in [0.29, 0.717) is 26.1 Å². The number of nitrogens with zero attached hydrogens (tertiary/aromatic N) is 2. The highest BCUT2D eigenvalue weighted by molar-refractivity contribution is 7.88. The van der Waals surface area contributed by atoms with Crippen molar-refractivity contribution in [2.24, 2.45) is 7.05 Å². The predicted molar refractivity (Wildman–Crippen MR) is 67.2 cm³/mol. The fraction of sp³-hybridized carbons (Fsp3) is 0.636. The first-order valence-electron chi connectivity index (χ1n) is 5.49. The molecular formula is C11H20N2O3S. The molecule has 0 unspecified atom stereocenters. The summed E-state index contributed by atoms with van der Waals surface area (Å²) < 4.78 is 31.6. The number of sulfonamides is 1. The van der Waals surface area contributed by atoms with E-state index in [0.717, 1.165) is 5.69 Å². The lowest BCUT2D eigenvalue weighted by molar-refractivity contribution is 0.186. The Balaban J connectivity index is 2.68. The minimum absolute atomic E-state index is 0.409. The van der Waals surface area contributed by atoms with E-state index < -0.39 is 10.0 Å². The van der Waals surface area contributed by atoms with Gasteiger partial charge in [0, 0.05) is 39.2 Å². The Morgan fingerprint density at radius 1 is 1.47 bits per heavy atom. The van der Waals surface area contributed by atoms with Gasteiger partial charge in [0.2, 0.25) is 10.0 Å². The van der Waals surface area contributed by atoms with Gasteiger partial charge in [-0.25, -0.2) is 8.42 Å². The smallest absolute Gasteiger partial charge is 0.211 e. The largest absolute Gasteiger partial charge is 0.385 e. The minimum Gasteiger partial charge on any atom is -0.385 e. The highest BCUT2D eigenvalue weighted by atomic mass is 32.2. The zero-order chi connectivity index (χ0) is 12.9. The number of hydrogen-bond donors (Lipinski definition) is 0. The van der Waals surface area contributed by atoms with Crippen LogP contribution in [-0.4, -0.2) is 43.8 Å². The third kappa shape index (κ3) is 4.49. The number of ether oxygens (including phenoxy) is 1. The quantitative estimate of drug-likeness (QED) is 0.682. The molecule has 0 fully saturated rings. The Morgan fingerprint density at radius 2 is 2.18 bits per heavy atom. The number of hydrogen-bond acceptors (Lipinski definition) is 3. The van der Waals surface area contributed by atoms with Gasteiger partial charge in [-0.05, 0) is 18.6 Å². The highest BCUT2D eigenvalue weighted by Crippen LogP contribution is 2.09. The summed E-state index contributed by atoms with van der Waals surface area (Å²) >= 11 is 0. The number of methoxy groups -OCH3 is 1. The van der Waals surface area contributed by atoms with Gasteiger partial charge in [0.25, 0.3) is 0 Å². The van der Waals surface area contributed by atoms with E-state index in [1.165, 1.54) is 10.6 Å². The van der Waals surface area contributed by atoms with Crippen LogP contribution in [0.15, 0.2) is 18.3 Å². The molecule has 0 radical (unpaired) electrons. The molecule has 1 aromatic heterocycles. The molecule has 0 aliphatic carbocycles. The lowest BCUT2D eigenvalue weighted by Gasteiger charge is -2.20. The molecule has 0 saturated carbocycles. The fourth-order valence-electron chi connectivity index (χ4n) is 1.59. The first-order chi connectivity index (χ1) is 7.95. The molecule has 0 N–H and O–H groups in total. The van der Waals surface area contributed by atoms with E-state index >= 15 is 0 Å². The zero-order valence-electron chi connectivity index (χ0n) is 10.6. The molecule has 0 bridgehead atoms. The molecule has 0 aliphatic heterocycles. The Kier molecular flexibility index (Phi) is 5.17. The molecule has 1 heterocycles. The van der Waals surface area contributed by atoms with Gasteiger partial charge in [0.15, 0.2) is 0 Å². The average Bonchev–Trinajstić information content (AvgIpc) is 2.62. The summed E-state index contributed by atoms with van der Waals surface area (Å²) in [5.41, 5.74) is 0.979. The lowest BCUT2D eigenvalue weighted by Crippen LogP contribution is -2.31. The lowest BCUT2D eigenvalue weighted by atomic mass is 10.4. The van der Waals surface area contributed by atoms with Crippen LogP contribution in [0.3, 0.4) is 0 Å². The Hall–Kier alpha value is -0.850. The van der Waals surface area contributed by atoms with Crippen molar-refractivity contribution >= 4 is 10.0 Å². The second-order valence-electron chi connectivity index (χ2n) is 4.05. The van der Waals surface area contributed by atoms with Crippen LogP contribution in [0.5, 0.6) is 0 Å². The zero-order valence-corrected chi connectivity index (χ0v) is 11.4. The Morgan fingerprint density at radius 3 is 2.65 bits per heavy atom. The summed E-state index contributed by atoms with van der Waals surface area (Å²) in [7, 11) is 0.347. The summed E-state index contributed by atoms with van der Waals surface area (Å²) in [6.45, 7) is 1.46. The average molecular weight is 260 g/mol. The van der Waals surface area contributed by atoms with Gasteiger partial charge in [-0.2, -0.15) is 4.31 Å². The Labute approximate surface area is 103 Å². The van der Waals surface area contributed by atoms with E-state index in [-0.39, 0.29) is 0 Å². The van der Waals surface area contributed by atoms with Crippen molar-refractivity contribution in [1.82, 2.24) is 8.87 Å². The summed E-state index contributed by atoms with van der Waals surface area (Å²) in [6.07, 6.45) is 3.85. The van der Waals surface area contributed by atoms with Crippen molar-refractivity contribution in [3.63, 3.8) is 0 Å². The van der Waals surface area contributed by atoms with Crippen LogP contribution in [-0.2, 0) is 28.4 Å². The third-order valence-electron chi connectivity index (χ3n) is 2.61. The number of aromatic nitrogens is 1. The predicted octanol–water partition coefficient (Wildman–Crippen LogP) is 0.823. The molecule has 1 aromatic rings. The molecular weight excluding hydrogens is 240 g/mol. The molecule has 0 spiro atoms. The second-order valence-corrected chi connectivity index (χ2v) is 6.04. The van der Waals surface area contributed by atoms with Crippen molar-refractivity contribution in [2.75, 3.05) is 26.5 Å². The van der Waals surface area contributed by atoms with Crippen LogP contribution in [0.1, 0.15) is 12.1 Å². The first kappa shape index (κ1) is 14.2. The molecule has 0 atom stereocenters. The van der Waals surface area contributed by atoms with E-state index in [1.807, 2.05) is 29.9 Å². The minimum atomic E-state index is -3.17. The van der Waals surface area contributed by atoms with E-state index in [2.05, 4.69) is 0 Å². The summed E-state index contributed by atoms with van der Waals surface area (Å²) in [5, 5.41) is 0. The maximum atomic E-state index is 11.6. The first-order valence-corrected chi connectivity index (χ1v) is 7.34. The van der Waals surface area contributed by atoms with Crippen LogP contribution in [0.25, 0.3) is 0 Å². The molecule has 98 valence electrons.